The van der Waals surface area contributed by atoms with Crippen molar-refractivity contribution in [1.29, 1.82) is 0 Å². The lowest BCUT2D eigenvalue weighted by atomic mass is 9.97. The Labute approximate surface area is 122 Å². The summed E-state index contributed by atoms with van der Waals surface area (Å²) in [5.41, 5.74) is 3.92. The van der Waals surface area contributed by atoms with E-state index in [-0.39, 0.29) is 5.41 Å². The average molecular weight is 277 g/mol. The Kier molecular flexibility index (Phi) is 2.71. The summed E-state index contributed by atoms with van der Waals surface area (Å²) < 4.78 is 0. The van der Waals surface area contributed by atoms with Crippen LogP contribution < -0.4 is 0 Å². The van der Waals surface area contributed by atoms with Crippen LogP contribution in [0.4, 0.5) is 0 Å². The second-order valence-corrected chi connectivity index (χ2v) is 6.21. The van der Waals surface area contributed by atoms with Crippen molar-refractivity contribution >= 4 is 11.3 Å². The van der Waals surface area contributed by atoms with Crippen molar-refractivity contribution in [3.05, 3.63) is 76.6 Å². The van der Waals surface area contributed by atoms with Gasteiger partial charge in [-0.2, -0.15) is 0 Å². The van der Waals surface area contributed by atoms with E-state index in [1.807, 2.05) is 6.07 Å². The summed E-state index contributed by atoms with van der Waals surface area (Å²) in [6.45, 7) is 0. The van der Waals surface area contributed by atoms with E-state index in [0.717, 1.165) is 5.69 Å². The predicted octanol–water partition coefficient (Wildman–Crippen LogP) is 4.89. The quantitative estimate of drug-likeness (QED) is 0.664. The standard InChI is InChI=1S/C18H15NS/c1-3-7-14(8-4-1)16-13-20-17(19-16)18(11-12-18)15-9-5-2-6-10-15/h1-10,13H,11-12H2. The summed E-state index contributed by atoms with van der Waals surface area (Å²) >= 11 is 1.80. The molecule has 1 saturated carbocycles. The van der Waals surface area contributed by atoms with Crippen molar-refractivity contribution in [3.63, 3.8) is 0 Å². The molecule has 2 aromatic carbocycles. The number of nitrogens with zero attached hydrogens (tertiary/aromatic N) is 1. The molecule has 1 heterocycles. The fourth-order valence-electron chi connectivity index (χ4n) is 2.74. The third-order valence-corrected chi connectivity index (χ3v) is 5.11. The summed E-state index contributed by atoms with van der Waals surface area (Å²) in [5.74, 6) is 0. The molecule has 0 spiro atoms. The van der Waals surface area contributed by atoms with Crippen molar-refractivity contribution in [2.45, 2.75) is 18.3 Å². The van der Waals surface area contributed by atoms with Crippen LogP contribution in [0.5, 0.6) is 0 Å². The molecule has 1 fully saturated rings. The number of hydrogen-bond acceptors (Lipinski definition) is 2. The highest BCUT2D eigenvalue weighted by Crippen LogP contribution is 2.54. The minimum absolute atomic E-state index is 0.193. The molecule has 0 radical (unpaired) electrons. The Morgan fingerprint density at radius 1 is 0.850 bits per heavy atom. The summed E-state index contributed by atoms with van der Waals surface area (Å²) in [5, 5.41) is 3.45. The normalized spacial score (nSPS) is 16.0. The molecule has 98 valence electrons. The van der Waals surface area contributed by atoms with Gasteiger partial charge in [-0.3, -0.25) is 0 Å². The maximum Gasteiger partial charge on any atom is 0.104 e. The van der Waals surface area contributed by atoms with Gasteiger partial charge in [0.25, 0.3) is 0 Å². The largest absolute Gasteiger partial charge is 0.240 e. The first-order valence-corrected chi connectivity index (χ1v) is 7.83. The van der Waals surface area contributed by atoms with Crippen molar-refractivity contribution in [2.75, 3.05) is 0 Å². The Bertz CT molecular complexity index is 711. The molecule has 2 heteroatoms. The van der Waals surface area contributed by atoms with Crippen molar-refractivity contribution in [1.82, 2.24) is 4.98 Å². The lowest BCUT2D eigenvalue weighted by Gasteiger charge is -2.12. The first-order valence-electron chi connectivity index (χ1n) is 6.95. The van der Waals surface area contributed by atoms with Crippen LogP contribution in [0.25, 0.3) is 11.3 Å². The SMILES string of the molecule is c1ccc(-c2csc(C3(c4ccccc4)CC3)n2)cc1. The van der Waals surface area contributed by atoms with Crippen LogP contribution in [-0.4, -0.2) is 4.98 Å². The topological polar surface area (TPSA) is 12.9 Å². The zero-order valence-corrected chi connectivity index (χ0v) is 11.9. The highest BCUT2D eigenvalue weighted by molar-refractivity contribution is 7.10. The Morgan fingerprint density at radius 3 is 2.15 bits per heavy atom. The molecule has 1 aliphatic rings. The molecule has 3 aromatic rings. The first kappa shape index (κ1) is 11.9. The van der Waals surface area contributed by atoms with Gasteiger partial charge < -0.3 is 0 Å². The molecule has 20 heavy (non-hydrogen) atoms. The molecule has 0 aliphatic heterocycles. The molecule has 1 aromatic heterocycles. The van der Waals surface area contributed by atoms with E-state index in [1.54, 1.807) is 11.3 Å². The molecular weight excluding hydrogens is 262 g/mol. The first-order chi connectivity index (χ1) is 9.88. The van der Waals surface area contributed by atoms with Crippen LogP contribution in [-0.2, 0) is 5.41 Å². The summed E-state index contributed by atoms with van der Waals surface area (Å²) in [7, 11) is 0. The Balaban J connectivity index is 1.73. The second kappa shape index (κ2) is 4.57. The van der Waals surface area contributed by atoms with Crippen LogP contribution >= 0.6 is 11.3 Å². The number of hydrogen-bond donors (Lipinski definition) is 0. The number of thiazole rings is 1. The van der Waals surface area contributed by atoms with E-state index < -0.39 is 0 Å². The van der Waals surface area contributed by atoms with Crippen LogP contribution in [0.3, 0.4) is 0 Å². The maximum absolute atomic E-state index is 4.91. The van der Waals surface area contributed by atoms with Gasteiger partial charge in [0, 0.05) is 16.4 Å². The Morgan fingerprint density at radius 2 is 1.50 bits per heavy atom. The zero-order valence-electron chi connectivity index (χ0n) is 11.1. The highest BCUT2D eigenvalue weighted by Gasteiger charge is 2.48. The molecule has 4 rings (SSSR count). The van der Waals surface area contributed by atoms with Gasteiger partial charge in [-0.1, -0.05) is 60.7 Å². The van der Waals surface area contributed by atoms with Crippen LogP contribution in [0, 0.1) is 0 Å². The molecule has 0 amide bonds. The molecule has 1 aliphatic carbocycles. The van der Waals surface area contributed by atoms with Gasteiger partial charge in [0.2, 0.25) is 0 Å². The molecule has 0 unspecified atom stereocenters. The fourth-order valence-corrected chi connectivity index (χ4v) is 3.85. The van der Waals surface area contributed by atoms with Gasteiger partial charge in [-0.05, 0) is 18.4 Å². The second-order valence-electron chi connectivity index (χ2n) is 5.35. The fraction of sp³-hybridized carbons (Fsp3) is 0.167. The van der Waals surface area contributed by atoms with E-state index in [2.05, 4.69) is 60.0 Å². The van der Waals surface area contributed by atoms with Crippen LogP contribution in [0.15, 0.2) is 66.0 Å². The van der Waals surface area contributed by atoms with E-state index >= 15 is 0 Å². The molecule has 0 atom stereocenters. The van der Waals surface area contributed by atoms with Gasteiger partial charge >= 0.3 is 0 Å². The van der Waals surface area contributed by atoms with E-state index in [1.165, 1.54) is 29.0 Å². The lowest BCUT2D eigenvalue weighted by Crippen LogP contribution is -2.07. The van der Waals surface area contributed by atoms with Gasteiger partial charge in [0.15, 0.2) is 0 Å². The third kappa shape index (κ3) is 1.88. The van der Waals surface area contributed by atoms with Crippen molar-refractivity contribution in [2.24, 2.45) is 0 Å². The summed E-state index contributed by atoms with van der Waals surface area (Å²) in [6.07, 6.45) is 2.44. The molecular formula is C18H15NS. The monoisotopic (exact) mass is 277 g/mol. The van der Waals surface area contributed by atoms with Crippen molar-refractivity contribution < 1.29 is 0 Å². The number of benzene rings is 2. The van der Waals surface area contributed by atoms with E-state index in [4.69, 9.17) is 4.98 Å². The maximum atomic E-state index is 4.91. The smallest absolute Gasteiger partial charge is 0.104 e. The Hall–Kier alpha value is -1.93. The number of rotatable bonds is 3. The van der Waals surface area contributed by atoms with Crippen molar-refractivity contribution in [3.8, 4) is 11.3 Å². The lowest BCUT2D eigenvalue weighted by molar-refractivity contribution is 0.834. The minimum Gasteiger partial charge on any atom is -0.240 e. The van der Waals surface area contributed by atoms with E-state index in [9.17, 15) is 0 Å². The van der Waals surface area contributed by atoms with Crippen LogP contribution in [0.2, 0.25) is 0 Å². The third-order valence-electron chi connectivity index (χ3n) is 4.06. The highest BCUT2D eigenvalue weighted by atomic mass is 32.1. The molecule has 1 nitrogen and oxygen atoms in total. The zero-order chi connectivity index (χ0) is 13.4. The summed E-state index contributed by atoms with van der Waals surface area (Å²) in [6, 6.07) is 21.2. The van der Waals surface area contributed by atoms with Gasteiger partial charge in [0.1, 0.15) is 5.01 Å². The molecule has 0 bridgehead atoms. The average Bonchev–Trinajstić information content (AvgIpc) is 3.19. The molecule has 0 saturated heterocycles. The van der Waals surface area contributed by atoms with Gasteiger partial charge in [-0.15, -0.1) is 11.3 Å². The summed E-state index contributed by atoms with van der Waals surface area (Å²) in [4.78, 5) is 4.91. The minimum atomic E-state index is 0.193. The van der Waals surface area contributed by atoms with Gasteiger partial charge in [0.05, 0.1) is 5.69 Å². The van der Waals surface area contributed by atoms with E-state index in [0.29, 0.717) is 0 Å². The van der Waals surface area contributed by atoms with Gasteiger partial charge in [-0.25, -0.2) is 4.98 Å². The predicted molar refractivity (Wildman–Crippen MR) is 84.0 cm³/mol. The number of aromatic nitrogens is 1. The molecule has 0 N–H and O–H groups in total. The van der Waals surface area contributed by atoms with Crippen LogP contribution in [0.1, 0.15) is 23.4 Å².